The predicted molar refractivity (Wildman–Crippen MR) is 68.0 cm³/mol. The van der Waals surface area contributed by atoms with E-state index in [2.05, 4.69) is 17.4 Å². The molecule has 0 atom stereocenters. The number of hydrogen-bond acceptors (Lipinski definition) is 3. The molecule has 0 radical (unpaired) electrons. The van der Waals surface area contributed by atoms with Crippen molar-refractivity contribution in [2.24, 2.45) is 10.9 Å². The Bertz CT molecular complexity index is 469. The Morgan fingerprint density at radius 1 is 1.50 bits per heavy atom. The molecule has 0 spiro atoms. The van der Waals surface area contributed by atoms with E-state index in [4.69, 9.17) is 10.9 Å². The quantitative estimate of drug-likeness (QED) is 0.331. The molecule has 4 N–H and O–H groups in total. The van der Waals surface area contributed by atoms with Crippen molar-refractivity contribution in [3.63, 3.8) is 0 Å². The van der Waals surface area contributed by atoms with Gasteiger partial charge in [0, 0.05) is 17.6 Å². The molecular weight excluding hydrogens is 233 g/mol. The zero-order chi connectivity index (χ0) is 13.2. The highest BCUT2D eigenvalue weighted by Crippen LogP contribution is 2.31. The van der Waals surface area contributed by atoms with E-state index in [1.807, 2.05) is 0 Å². The van der Waals surface area contributed by atoms with Gasteiger partial charge >= 0.3 is 0 Å². The minimum Gasteiger partial charge on any atom is -0.409 e. The molecule has 0 aromatic heterocycles. The maximum atomic E-state index is 13.4. The smallest absolute Gasteiger partial charge is 0.170 e. The highest BCUT2D eigenvalue weighted by atomic mass is 19.1. The number of rotatable bonds is 4. The minimum atomic E-state index is -0.380. The van der Waals surface area contributed by atoms with Crippen LogP contribution >= 0.6 is 0 Å². The normalized spacial score (nSPS) is 18.4. The van der Waals surface area contributed by atoms with Gasteiger partial charge in [-0.25, -0.2) is 4.39 Å². The molecule has 0 bridgehead atoms. The summed E-state index contributed by atoms with van der Waals surface area (Å²) in [4.78, 5) is 0. The number of nitrogens with one attached hydrogen (secondary N) is 1. The molecule has 1 aliphatic carbocycles. The molecular formula is C13H18FN3O. The molecule has 0 aliphatic heterocycles. The molecule has 2 rings (SSSR count). The lowest BCUT2D eigenvalue weighted by Gasteiger charge is -2.39. The fourth-order valence-electron chi connectivity index (χ4n) is 2.16. The third kappa shape index (κ3) is 2.79. The third-order valence-electron chi connectivity index (χ3n) is 3.54. The standard InChI is InChI=1S/C13H18FN3O/c1-13(3-2-4-13)16-8-9-5-10(12(15)17-18)7-11(14)6-9/h5-7,16,18H,2-4,8H2,1H3,(H2,15,17). The Kier molecular flexibility index (Phi) is 3.52. The van der Waals surface area contributed by atoms with E-state index in [1.54, 1.807) is 6.07 Å². The molecule has 0 saturated heterocycles. The van der Waals surface area contributed by atoms with Gasteiger partial charge in [0.25, 0.3) is 0 Å². The summed E-state index contributed by atoms with van der Waals surface area (Å²) in [5.74, 6) is -0.458. The fraction of sp³-hybridized carbons (Fsp3) is 0.462. The van der Waals surface area contributed by atoms with Crippen molar-refractivity contribution in [3.05, 3.63) is 35.1 Å². The van der Waals surface area contributed by atoms with Crippen LogP contribution in [0.3, 0.4) is 0 Å². The Labute approximate surface area is 106 Å². The van der Waals surface area contributed by atoms with Crippen molar-refractivity contribution < 1.29 is 9.60 Å². The van der Waals surface area contributed by atoms with E-state index in [1.165, 1.54) is 18.6 Å². The first-order chi connectivity index (χ1) is 8.52. The SMILES string of the molecule is CC1(NCc2cc(F)cc(/C(N)=N/O)c2)CCC1. The number of nitrogens with two attached hydrogens (primary N) is 1. The maximum Gasteiger partial charge on any atom is 0.170 e. The van der Waals surface area contributed by atoms with Gasteiger partial charge in [0.15, 0.2) is 5.84 Å². The number of hydrogen-bond donors (Lipinski definition) is 3. The summed E-state index contributed by atoms with van der Waals surface area (Å²) in [5, 5.41) is 14.9. The molecule has 18 heavy (non-hydrogen) atoms. The first-order valence-corrected chi connectivity index (χ1v) is 6.05. The zero-order valence-electron chi connectivity index (χ0n) is 10.4. The van der Waals surface area contributed by atoms with Crippen LogP contribution in [-0.4, -0.2) is 16.6 Å². The van der Waals surface area contributed by atoms with Crippen LogP contribution in [0.4, 0.5) is 4.39 Å². The second-order valence-corrected chi connectivity index (χ2v) is 5.10. The summed E-state index contributed by atoms with van der Waals surface area (Å²) >= 11 is 0. The summed E-state index contributed by atoms with van der Waals surface area (Å²) in [5.41, 5.74) is 6.83. The first-order valence-electron chi connectivity index (χ1n) is 6.05. The van der Waals surface area contributed by atoms with Crippen molar-refractivity contribution in [2.75, 3.05) is 0 Å². The molecule has 1 fully saturated rings. The van der Waals surface area contributed by atoms with Gasteiger partial charge in [0.05, 0.1) is 0 Å². The van der Waals surface area contributed by atoms with Crippen LogP contribution in [0.25, 0.3) is 0 Å². The number of halogens is 1. The van der Waals surface area contributed by atoms with Gasteiger partial charge in [-0.2, -0.15) is 0 Å². The van der Waals surface area contributed by atoms with Gasteiger partial charge in [-0.15, -0.1) is 0 Å². The van der Waals surface area contributed by atoms with E-state index >= 15 is 0 Å². The van der Waals surface area contributed by atoms with Gasteiger partial charge in [-0.05, 0) is 49.9 Å². The number of amidine groups is 1. The van der Waals surface area contributed by atoms with E-state index in [-0.39, 0.29) is 17.2 Å². The Morgan fingerprint density at radius 3 is 2.78 bits per heavy atom. The first kappa shape index (κ1) is 12.8. The Hall–Kier alpha value is -1.62. The van der Waals surface area contributed by atoms with Crippen molar-refractivity contribution >= 4 is 5.84 Å². The second kappa shape index (κ2) is 4.94. The fourth-order valence-corrected chi connectivity index (χ4v) is 2.16. The van der Waals surface area contributed by atoms with Crippen LogP contribution in [0.15, 0.2) is 23.4 Å². The lowest BCUT2D eigenvalue weighted by molar-refractivity contribution is 0.206. The van der Waals surface area contributed by atoms with Crippen molar-refractivity contribution in [3.8, 4) is 0 Å². The summed E-state index contributed by atoms with van der Waals surface area (Å²) in [6.07, 6.45) is 3.53. The highest BCUT2D eigenvalue weighted by Gasteiger charge is 2.30. The van der Waals surface area contributed by atoms with E-state index in [0.29, 0.717) is 12.1 Å². The lowest BCUT2D eigenvalue weighted by Crippen LogP contribution is -2.47. The second-order valence-electron chi connectivity index (χ2n) is 5.10. The van der Waals surface area contributed by atoms with Crippen LogP contribution in [0.1, 0.15) is 37.3 Å². The molecule has 98 valence electrons. The number of oxime groups is 1. The van der Waals surface area contributed by atoms with Gasteiger partial charge in [0.2, 0.25) is 0 Å². The monoisotopic (exact) mass is 251 g/mol. The van der Waals surface area contributed by atoms with E-state index in [9.17, 15) is 4.39 Å². The molecule has 0 unspecified atom stereocenters. The molecule has 1 aliphatic rings. The molecule has 0 amide bonds. The van der Waals surface area contributed by atoms with Gasteiger partial charge in [-0.1, -0.05) is 5.16 Å². The molecule has 0 heterocycles. The summed E-state index contributed by atoms with van der Waals surface area (Å²) in [6.45, 7) is 2.75. The summed E-state index contributed by atoms with van der Waals surface area (Å²) in [6, 6.07) is 4.44. The largest absolute Gasteiger partial charge is 0.409 e. The van der Waals surface area contributed by atoms with E-state index in [0.717, 1.165) is 18.4 Å². The Morgan fingerprint density at radius 2 is 2.22 bits per heavy atom. The predicted octanol–water partition coefficient (Wildman–Crippen LogP) is 1.95. The third-order valence-corrected chi connectivity index (χ3v) is 3.54. The van der Waals surface area contributed by atoms with Gasteiger partial charge < -0.3 is 16.3 Å². The minimum absolute atomic E-state index is 0.0781. The van der Waals surface area contributed by atoms with Crippen LogP contribution in [0.5, 0.6) is 0 Å². The van der Waals surface area contributed by atoms with Crippen LogP contribution in [0, 0.1) is 5.82 Å². The van der Waals surface area contributed by atoms with E-state index < -0.39 is 0 Å². The van der Waals surface area contributed by atoms with Crippen LogP contribution in [-0.2, 0) is 6.54 Å². The molecule has 1 aromatic carbocycles. The summed E-state index contributed by atoms with van der Waals surface area (Å²) in [7, 11) is 0. The van der Waals surface area contributed by atoms with Crippen LogP contribution < -0.4 is 11.1 Å². The molecule has 1 saturated carbocycles. The molecule has 1 aromatic rings. The lowest BCUT2D eigenvalue weighted by atomic mass is 9.78. The van der Waals surface area contributed by atoms with Crippen LogP contribution in [0.2, 0.25) is 0 Å². The van der Waals surface area contributed by atoms with Gasteiger partial charge in [-0.3, -0.25) is 0 Å². The number of benzene rings is 1. The number of nitrogens with zero attached hydrogens (tertiary/aromatic N) is 1. The zero-order valence-corrected chi connectivity index (χ0v) is 10.4. The van der Waals surface area contributed by atoms with Gasteiger partial charge in [0.1, 0.15) is 5.82 Å². The van der Waals surface area contributed by atoms with Crippen molar-refractivity contribution in [1.82, 2.24) is 5.32 Å². The highest BCUT2D eigenvalue weighted by molar-refractivity contribution is 5.97. The maximum absolute atomic E-state index is 13.4. The average molecular weight is 251 g/mol. The summed E-state index contributed by atoms with van der Waals surface area (Å²) < 4.78 is 13.4. The topological polar surface area (TPSA) is 70.6 Å². The Balaban J connectivity index is 2.10. The molecule has 4 nitrogen and oxygen atoms in total. The van der Waals surface area contributed by atoms with Crippen molar-refractivity contribution in [1.29, 1.82) is 0 Å². The average Bonchev–Trinajstić information content (AvgIpc) is 2.32. The van der Waals surface area contributed by atoms with Crippen molar-refractivity contribution in [2.45, 2.75) is 38.3 Å². The molecule has 5 heteroatoms.